The lowest BCUT2D eigenvalue weighted by Crippen LogP contribution is -1.98. The molecule has 0 radical (unpaired) electrons. The van der Waals surface area contributed by atoms with Crippen molar-refractivity contribution in [2.24, 2.45) is 0 Å². The Labute approximate surface area is 79.2 Å². The van der Waals surface area contributed by atoms with Crippen molar-refractivity contribution < 1.29 is 25.2 Å². The Balaban J connectivity index is 3.04. The minimum Gasteiger partial charge on any atom is -0.504 e. The second-order valence-corrected chi connectivity index (χ2v) is 2.58. The van der Waals surface area contributed by atoms with Crippen molar-refractivity contribution in [1.82, 2.24) is 0 Å². The van der Waals surface area contributed by atoms with Gasteiger partial charge in [0.1, 0.15) is 0 Å². The molecule has 0 aliphatic heterocycles. The molecule has 0 heterocycles. The van der Waals surface area contributed by atoms with E-state index in [0.717, 1.165) is 12.1 Å². The molecule has 1 rings (SSSR count). The topological polar surface area (TPSA) is 98.0 Å². The molecule has 1 aromatic rings. The fourth-order valence-corrected chi connectivity index (χ4v) is 0.850. The third kappa shape index (κ3) is 2.16. The molecule has 5 heteroatoms. The second kappa shape index (κ2) is 3.69. The average molecular weight is 196 g/mol. The molecule has 14 heavy (non-hydrogen) atoms. The third-order valence-electron chi connectivity index (χ3n) is 1.52. The number of benzene rings is 1. The summed E-state index contributed by atoms with van der Waals surface area (Å²) in [6.07, 6.45) is 0.960. The van der Waals surface area contributed by atoms with E-state index in [1.54, 1.807) is 0 Å². The first-order valence-corrected chi connectivity index (χ1v) is 3.66. The van der Waals surface area contributed by atoms with Crippen LogP contribution in [0.2, 0.25) is 0 Å². The Hall–Kier alpha value is -2.17. The highest BCUT2D eigenvalue weighted by Crippen LogP contribution is 2.25. The molecular formula is C9H8O5. The average Bonchev–Trinajstić information content (AvgIpc) is 2.11. The minimum absolute atomic E-state index is 0.278. The summed E-state index contributed by atoms with van der Waals surface area (Å²) in [5.74, 6) is -2.98. The van der Waals surface area contributed by atoms with Gasteiger partial charge in [-0.3, -0.25) is 0 Å². The summed E-state index contributed by atoms with van der Waals surface area (Å²) in [5, 5.41) is 35.2. The van der Waals surface area contributed by atoms with Crippen LogP contribution in [0.15, 0.2) is 24.0 Å². The Morgan fingerprint density at radius 3 is 2.29 bits per heavy atom. The number of carboxylic acid groups (broad SMARTS) is 1. The van der Waals surface area contributed by atoms with E-state index in [1.165, 1.54) is 12.1 Å². The zero-order chi connectivity index (χ0) is 10.7. The van der Waals surface area contributed by atoms with Gasteiger partial charge in [0.15, 0.2) is 11.5 Å². The smallest absolute Gasteiger partial charge is 0.370 e. The quantitative estimate of drug-likeness (QED) is 0.322. The van der Waals surface area contributed by atoms with Gasteiger partial charge >= 0.3 is 5.97 Å². The molecule has 0 aliphatic carbocycles. The monoisotopic (exact) mass is 196 g/mol. The van der Waals surface area contributed by atoms with Gasteiger partial charge < -0.3 is 20.4 Å². The van der Waals surface area contributed by atoms with Gasteiger partial charge in [0, 0.05) is 0 Å². The second-order valence-electron chi connectivity index (χ2n) is 2.58. The SMILES string of the molecule is O=C(O)/C(O)=C/c1ccc(O)c(O)c1. The van der Waals surface area contributed by atoms with Gasteiger partial charge in [-0.15, -0.1) is 0 Å². The minimum atomic E-state index is -1.46. The molecule has 0 aliphatic rings. The number of phenolic OH excluding ortho intramolecular Hbond substituents is 2. The van der Waals surface area contributed by atoms with Gasteiger partial charge in [-0.1, -0.05) is 6.07 Å². The molecule has 5 nitrogen and oxygen atoms in total. The molecule has 0 spiro atoms. The lowest BCUT2D eigenvalue weighted by molar-refractivity contribution is -0.135. The van der Waals surface area contributed by atoms with Crippen LogP contribution in [0.3, 0.4) is 0 Å². The fraction of sp³-hybridized carbons (Fsp3) is 0. The van der Waals surface area contributed by atoms with Crippen molar-refractivity contribution >= 4 is 12.0 Å². The van der Waals surface area contributed by atoms with E-state index in [2.05, 4.69) is 0 Å². The van der Waals surface area contributed by atoms with Crippen LogP contribution in [0.25, 0.3) is 6.08 Å². The number of aliphatic hydroxyl groups is 1. The van der Waals surface area contributed by atoms with Crippen molar-refractivity contribution in [3.63, 3.8) is 0 Å². The number of hydrogen-bond acceptors (Lipinski definition) is 4. The molecule has 4 N–H and O–H groups in total. The van der Waals surface area contributed by atoms with Crippen LogP contribution in [-0.4, -0.2) is 26.4 Å². The summed E-state index contributed by atoms with van der Waals surface area (Å²) >= 11 is 0. The van der Waals surface area contributed by atoms with Gasteiger partial charge in [0.2, 0.25) is 5.76 Å². The Morgan fingerprint density at radius 1 is 1.14 bits per heavy atom. The molecule has 0 amide bonds. The van der Waals surface area contributed by atoms with Gasteiger partial charge in [-0.05, 0) is 23.8 Å². The Bertz CT molecular complexity index is 394. The first-order valence-electron chi connectivity index (χ1n) is 3.66. The standard InChI is InChI=1S/C9H8O5/c10-6-2-1-5(3-7(6)11)4-8(12)9(13)14/h1-4,10-12H,(H,13,14)/b8-4-. The highest BCUT2D eigenvalue weighted by atomic mass is 16.4. The van der Waals surface area contributed by atoms with Crippen LogP contribution < -0.4 is 0 Å². The maximum Gasteiger partial charge on any atom is 0.370 e. The lowest BCUT2D eigenvalue weighted by Gasteiger charge is -1.98. The van der Waals surface area contributed by atoms with Crippen molar-refractivity contribution in [2.45, 2.75) is 0 Å². The molecule has 0 unspecified atom stereocenters. The number of carbonyl (C=O) groups is 1. The summed E-state index contributed by atoms with van der Waals surface area (Å²) < 4.78 is 0. The Morgan fingerprint density at radius 2 is 1.79 bits per heavy atom. The van der Waals surface area contributed by atoms with E-state index in [0.29, 0.717) is 0 Å². The summed E-state index contributed by atoms with van der Waals surface area (Å²) in [4.78, 5) is 10.2. The largest absolute Gasteiger partial charge is 0.504 e. The maximum absolute atomic E-state index is 10.2. The fourth-order valence-electron chi connectivity index (χ4n) is 0.850. The van der Waals surface area contributed by atoms with E-state index in [1.807, 2.05) is 0 Å². The molecule has 0 aromatic heterocycles. The predicted molar refractivity (Wildman–Crippen MR) is 48.0 cm³/mol. The van der Waals surface area contributed by atoms with Gasteiger partial charge in [0.25, 0.3) is 0 Å². The third-order valence-corrected chi connectivity index (χ3v) is 1.52. The summed E-state index contributed by atoms with van der Waals surface area (Å²) in [6, 6.07) is 3.68. The summed E-state index contributed by atoms with van der Waals surface area (Å²) in [6.45, 7) is 0. The van der Waals surface area contributed by atoms with Crippen LogP contribution >= 0.6 is 0 Å². The number of rotatable bonds is 2. The number of aliphatic hydroxyl groups excluding tert-OH is 1. The first kappa shape index (κ1) is 9.91. The van der Waals surface area contributed by atoms with Gasteiger partial charge in [-0.25, -0.2) is 4.79 Å². The predicted octanol–water partition coefficient (Wildman–Crippen LogP) is 1.08. The van der Waals surface area contributed by atoms with E-state index in [-0.39, 0.29) is 17.1 Å². The van der Waals surface area contributed by atoms with E-state index in [9.17, 15) is 4.79 Å². The highest BCUT2D eigenvalue weighted by Gasteiger charge is 2.04. The molecule has 0 fully saturated rings. The molecular weight excluding hydrogens is 188 g/mol. The molecule has 0 saturated heterocycles. The molecule has 74 valence electrons. The van der Waals surface area contributed by atoms with E-state index >= 15 is 0 Å². The molecule has 0 saturated carbocycles. The number of carboxylic acids is 1. The number of phenols is 2. The first-order chi connectivity index (χ1) is 6.50. The zero-order valence-electron chi connectivity index (χ0n) is 7.01. The summed E-state index contributed by atoms with van der Waals surface area (Å²) in [5.41, 5.74) is 0.278. The van der Waals surface area contributed by atoms with E-state index in [4.69, 9.17) is 20.4 Å². The molecule has 1 aromatic carbocycles. The normalized spacial score (nSPS) is 11.3. The molecule has 0 atom stereocenters. The van der Waals surface area contributed by atoms with Crippen LogP contribution in [0, 0.1) is 0 Å². The van der Waals surface area contributed by atoms with Crippen LogP contribution in [0.1, 0.15) is 5.56 Å². The number of hydrogen-bond donors (Lipinski definition) is 4. The van der Waals surface area contributed by atoms with Crippen LogP contribution in [0.5, 0.6) is 11.5 Å². The van der Waals surface area contributed by atoms with Crippen LogP contribution in [-0.2, 0) is 4.79 Å². The number of aliphatic carboxylic acids is 1. The van der Waals surface area contributed by atoms with Crippen molar-refractivity contribution in [2.75, 3.05) is 0 Å². The lowest BCUT2D eigenvalue weighted by atomic mass is 10.2. The zero-order valence-corrected chi connectivity index (χ0v) is 7.01. The van der Waals surface area contributed by atoms with Crippen molar-refractivity contribution in [3.05, 3.63) is 29.5 Å². The van der Waals surface area contributed by atoms with Crippen molar-refractivity contribution in [3.8, 4) is 11.5 Å². The number of aromatic hydroxyl groups is 2. The van der Waals surface area contributed by atoms with E-state index < -0.39 is 11.7 Å². The Kier molecular flexibility index (Phi) is 2.62. The van der Waals surface area contributed by atoms with Crippen LogP contribution in [0.4, 0.5) is 0 Å². The molecule has 0 bridgehead atoms. The van der Waals surface area contributed by atoms with Crippen molar-refractivity contribution in [1.29, 1.82) is 0 Å². The summed E-state index contributed by atoms with van der Waals surface area (Å²) in [7, 11) is 0. The van der Waals surface area contributed by atoms with Gasteiger partial charge in [0.05, 0.1) is 0 Å². The van der Waals surface area contributed by atoms with Gasteiger partial charge in [-0.2, -0.15) is 0 Å². The highest BCUT2D eigenvalue weighted by molar-refractivity contribution is 5.89. The maximum atomic E-state index is 10.2.